The molecule has 3 aromatic carbocycles. The maximum atomic E-state index is 15.3. The summed E-state index contributed by atoms with van der Waals surface area (Å²) in [4.78, 5) is 0. The molecule has 0 amide bonds. The van der Waals surface area contributed by atoms with Crippen molar-refractivity contribution in [3.8, 4) is 0 Å². The number of benzene rings is 3. The molecule has 0 atom stereocenters. The van der Waals surface area contributed by atoms with E-state index in [4.69, 9.17) is 4.42 Å². The predicted molar refractivity (Wildman–Crippen MR) is 111 cm³/mol. The lowest BCUT2D eigenvalue weighted by Gasteiger charge is -2.26. The Kier molecular flexibility index (Phi) is 4.14. The number of fused-ring (bicyclic) bond motifs is 2. The summed E-state index contributed by atoms with van der Waals surface area (Å²) in [5.74, 6) is -16.0. The van der Waals surface area contributed by atoms with E-state index in [0.717, 1.165) is 0 Å². The first-order valence-corrected chi connectivity index (χ1v) is 9.86. The van der Waals surface area contributed by atoms with Gasteiger partial charge in [0.05, 0.1) is 0 Å². The number of rotatable bonds is 2. The van der Waals surface area contributed by atoms with Gasteiger partial charge in [0.15, 0.2) is 0 Å². The van der Waals surface area contributed by atoms with Crippen LogP contribution >= 0.6 is 0 Å². The molecule has 0 saturated carbocycles. The Morgan fingerprint density at radius 1 is 0.625 bits per heavy atom. The highest BCUT2D eigenvalue weighted by molar-refractivity contribution is 6.11. The normalized spacial score (nSPS) is 19.2. The summed E-state index contributed by atoms with van der Waals surface area (Å²) in [5.41, 5.74) is -3.16. The number of alkyl halides is 6. The Morgan fingerprint density at radius 3 is 1.88 bits per heavy atom. The first kappa shape index (κ1) is 20.7. The first-order chi connectivity index (χ1) is 15.0. The summed E-state index contributed by atoms with van der Waals surface area (Å²) >= 11 is 0. The van der Waals surface area contributed by atoms with Crippen LogP contribution in [-0.4, -0.2) is 17.8 Å². The molecule has 0 saturated heterocycles. The van der Waals surface area contributed by atoms with Crippen LogP contribution in [0.3, 0.4) is 0 Å². The smallest absolute Gasteiger partial charge is 0.380 e. The standard InChI is InChI=1S/C25H16F6O/c1-13-11-12-15-7-3-4-8-16(15)19(13)21-22(24(28,29)25(30,31)23(21,26)27)20-14(2)32-18-10-6-5-9-17(18)20/h3-12H,1-2H3. The topological polar surface area (TPSA) is 13.1 Å². The fourth-order valence-corrected chi connectivity index (χ4v) is 4.58. The van der Waals surface area contributed by atoms with E-state index in [1.807, 2.05) is 0 Å². The molecule has 0 N–H and O–H groups in total. The van der Waals surface area contributed by atoms with Crippen molar-refractivity contribution in [2.45, 2.75) is 31.6 Å². The van der Waals surface area contributed by atoms with Crippen molar-refractivity contribution in [3.05, 3.63) is 83.1 Å². The quantitative estimate of drug-likeness (QED) is 0.284. The SMILES string of the molecule is Cc1ccc2ccccc2c1C1=C(c2c(C)oc3ccccc23)C(F)(F)C(F)(F)C1(F)F. The summed E-state index contributed by atoms with van der Waals surface area (Å²) in [6.45, 7) is 2.75. The molecule has 1 aliphatic carbocycles. The lowest BCUT2D eigenvalue weighted by atomic mass is 9.88. The third-order valence-corrected chi connectivity index (χ3v) is 6.08. The zero-order valence-corrected chi connectivity index (χ0v) is 16.9. The molecule has 1 aliphatic rings. The van der Waals surface area contributed by atoms with Crippen LogP contribution in [0.4, 0.5) is 26.3 Å². The zero-order chi connectivity index (χ0) is 23.1. The number of furan rings is 1. The largest absolute Gasteiger partial charge is 0.461 e. The molecule has 0 fully saturated rings. The van der Waals surface area contributed by atoms with Crippen LogP contribution in [0.15, 0.2) is 65.1 Å². The molecule has 0 radical (unpaired) electrons. The minimum absolute atomic E-state index is 0.0727. The van der Waals surface area contributed by atoms with Crippen molar-refractivity contribution in [3.63, 3.8) is 0 Å². The molecule has 0 aliphatic heterocycles. The van der Waals surface area contributed by atoms with E-state index in [0.29, 0.717) is 5.39 Å². The van der Waals surface area contributed by atoms with E-state index in [9.17, 15) is 8.78 Å². The van der Waals surface area contributed by atoms with Gasteiger partial charge in [0, 0.05) is 22.1 Å². The summed E-state index contributed by atoms with van der Waals surface area (Å²) < 4.78 is 96.3. The summed E-state index contributed by atoms with van der Waals surface area (Å²) in [5, 5.41) is 0.741. The molecule has 1 nitrogen and oxygen atoms in total. The number of hydrogen-bond donors (Lipinski definition) is 0. The maximum Gasteiger partial charge on any atom is 0.380 e. The Labute approximate surface area is 178 Å². The monoisotopic (exact) mass is 446 g/mol. The van der Waals surface area contributed by atoms with Gasteiger partial charge in [-0.25, -0.2) is 0 Å². The molecular weight excluding hydrogens is 430 g/mol. The molecule has 32 heavy (non-hydrogen) atoms. The van der Waals surface area contributed by atoms with E-state index >= 15 is 17.6 Å². The highest BCUT2D eigenvalue weighted by Gasteiger charge is 2.80. The lowest BCUT2D eigenvalue weighted by Crippen LogP contribution is -2.49. The third kappa shape index (κ3) is 2.42. The predicted octanol–water partition coefficient (Wildman–Crippen LogP) is 8.03. The number of hydrogen-bond acceptors (Lipinski definition) is 1. The van der Waals surface area contributed by atoms with Crippen molar-refractivity contribution in [1.82, 2.24) is 0 Å². The van der Waals surface area contributed by atoms with Crippen LogP contribution < -0.4 is 0 Å². The van der Waals surface area contributed by atoms with E-state index in [2.05, 4.69) is 0 Å². The highest BCUT2D eigenvalue weighted by Crippen LogP contribution is 2.66. The van der Waals surface area contributed by atoms with Gasteiger partial charge in [-0.2, -0.15) is 26.3 Å². The van der Waals surface area contributed by atoms with Crippen LogP contribution in [0.5, 0.6) is 0 Å². The molecule has 1 heterocycles. The molecule has 0 bridgehead atoms. The van der Waals surface area contributed by atoms with Crippen molar-refractivity contribution >= 4 is 32.9 Å². The van der Waals surface area contributed by atoms with Crippen LogP contribution in [0.2, 0.25) is 0 Å². The van der Waals surface area contributed by atoms with Crippen molar-refractivity contribution in [2.24, 2.45) is 0 Å². The third-order valence-electron chi connectivity index (χ3n) is 6.08. The summed E-state index contributed by atoms with van der Waals surface area (Å²) in [7, 11) is 0. The minimum atomic E-state index is -5.63. The van der Waals surface area contributed by atoms with Crippen molar-refractivity contribution in [1.29, 1.82) is 0 Å². The van der Waals surface area contributed by atoms with E-state index < -0.39 is 34.5 Å². The molecule has 0 unspecified atom stereocenters. The van der Waals surface area contributed by atoms with Crippen molar-refractivity contribution < 1.29 is 30.8 Å². The number of para-hydroxylation sites is 1. The van der Waals surface area contributed by atoms with Gasteiger partial charge < -0.3 is 4.42 Å². The molecule has 7 heteroatoms. The minimum Gasteiger partial charge on any atom is -0.461 e. The van der Waals surface area contributed by atoms with Crippen LogP contribution in [0.1, 0.15) is 22.5 Å². The average molecular weight is 446 g/mol. The molecule has 1 aromatic heterocycles. The van der Waals surface area contributed by atoms with E-state index in [1.165, 1.54) is 44.2 Å². The van der Waals surface area contributed by atoms with Crippen LogP contribution in [-0.2, 0) is 0 Å². The summed E-state index contributed by atoms with van der Waals surface area (Å²) in [6, 6.07) is 15.3. The molecule has 5 rings (SSSR count). The van der Waals surface area contributed by atoms with Gasteiger partial charge in [-0.05, 0) is 41.8 Å². The van der Waals surface area contributed by atoms with Gasteiger partial charge in [0.1, 0.15) is 11.3 Å². The van der Waals surface area contributed by atoms with Crippen LogP contribution in [0.25, 0.3) is 32.9 Å². The van der Waals surface area contributed by atoms with Crippen LogP contribution in [0, 0.1) is 13.8 Å². The Bertz CT molecular complexity index is 1430. The Hall–Kier alpha value is -3.22. The lowest BCUT2D eigenvalue weighted by molar-refractivity contribution is -0.254. The fourth-order valence-electron chi connectivity index (χ4n) is 4.58. The maximum absolute atomic E-state index is 15.3. The number of halogens is 6. The highest BCUT2D eigenvalue weighted by atomic mass is 19.3. The zero-order valence-electron chi connectivity index (χ0n) is 16.9. The molecule has 4 aromatic rings. The molecule has 0 spiro atoms. The molecule has 164 valence electrons. The van der Waals surface area contributed by atoms with Crippen molar-refractivity contribution in [2.75, 3.05) is 0 Å². The van der Waals surface area contributed by atoms with Gasteiger partial charge in [-0.1, -0.05) is 54.6 Å². The second-order valence-electron chi connectivity index (χ2n) is 7.98. The number of allylic oxidation sites excluding steroid dienone is 2. The Balaban J connectivity index is 2.02. The van der Waals surface area contributed by atoms with Gasteiger partial charge in [0.25, 0.3) is 0 Å². The van der Waals surface area contributed by atoms with Gasteiger partial charge in [-0.15, -0.1) is 0 Å². The van der Waals surface area contributed by atoms with Gasteiger partial charge in [-0.3, -0.25) is 0 Å². The van der Waals surface area contributed by atoms with Gasteiger partial charge >= 0.3 is 17.8 Å². The second-order valence-corrected chi connectivity index (χ2v) is 7.98. The molecular formula is C25H16F6O. The second kappa shape index (κ2) is 6.40. The van der Waals surface area contributed by atoms with E-state index in [-0.39, 0.29) is 33.2 Å². The fraction of sp³-hybridized carbons (Fsp3) is 0.200. The summed E-state index contributed by atoms with van der Waals surface area (Å²) in [6.07, 6.45) is 0. The van der Waals surface area contributed by atoms with E-state index in [1.54, 1.807) is 30.3 Å². The van der Waals surface area contributed by atoms with Gasteiger partial charge in [0.2, 0.25) is 0 Å². The number of aryl methyl sites for hydroxylation is 2. The average Bonchev–Trinajstić information content (AvgIpc) is 3.11. The Morgan fingerprint density at radius 2 is 1.19 bits per heavy atom. The first-order valence-electron chi connectivity index (χ1n) is 9.86.